The third kappa shape index (κ3) is 7.75. The van der Waals surface area contributed by atoms with Crippen LogP contribution in [0.3, 0.4) is 0 Å². The number of phosphoric ester groups is 1. The van der Waals surface area contributed by atoms with Crippen LogP contribution in [-0.4, -0.2) is 80.7 Å². The zero-order valence-corrected chi connectivity index (χ0v) is 24.9. The number of pyridine rings is 1. The van der Waals surface area contributed by atoms with Crippen LogP contribution < -0.4 is 15.2 Å². The maximum Gasteiger partial charge on any atom is 0.476 e. The van der Waals surface area contributed by atoms with Gasteiger partial charge in [-0.25, -0.2) is 9.09 Å². The van der Waals surface area contributed by atoms with Gasteiger partial charge in [0.15, 0.2) is 6.73 Å². The van der Waals surface area contributed by atoms with Gasteiger partial charge in [0.25, 0.3) is 0 Å². The van der Waals surface area contributed by atoms with Crippen molar-refractivity contribution in [3.63, 3.8) is 0 Å². The molecular weight excluding hydrogens is 565 g/mol. The number of methoxy groups -OCH3 is 1. The van der Waals surface area contributed by atoms with Crippen LogP contribution in [0, 0.1) is 0 Å². The highest BCUT2D eigenvalue weighted by Crippen LogP contribution is 2.44. The van der Waals surface area contributed by atoms with E-state index in [1.807, 2.05) is 18.2 Å². The second-order valence-corrected chi connectivity index (χ2v) is 12.7. The minimum absolute atomic E-state index is 0.0112. The van der Waals surface area contributed by atoms with Crippen LogP contribution in [0.25, 0.3) is 21.0 Å². The first-order valence-electron chi connectivity index (χ1n) is 13.8. The summed E-state index contributed by atoms with van der Waals surface area (Å²) in [5.74, 6) is 0.706. The standard InChI is InChI=1S/C29H36N3O7PS/c1-36-18-19-38-40(34,35)39-22-32(15-12-31(13-16-32)27-5-4-6-28-25(27)11-20-41-28)14-2-3-17-37-24-9-7-23-8-10-29(33)30-26(23)21-24/h4-11,20-21H,2-3,12-19,22H2,1H3,(H-,30,33,34,35)/p+1. The molecule has 2 N–H and O–H groups in total. The van der Waals surface area contributed by atoms with Crippen molar-refractivity contribution < 1.29 is 32.5 Å². The number of piperazine rings is 1. The van der Waals surface area contributed by atoms with Gasteiger partial charge in [-0.15, -0.1) is 11.3 Å². The number of fused-ring (bicyclic) bond motifs is 2. The van der Waals surface area contributed by atoms with Crippen LogP contribution in [-0.2, 0) is 18.3 Å². The molecule has 0 saturated carbocycles. The van der Waals surface area contributed by atoms with E-state index in [0.29, 0.717) is 16.8 Å². The summed E-state index contributed by atoms with van der Waals surface area (Å²) in [6.45, 7) is 4.77. The van der Waals surface area contributed by atoms with Crippen molar-refractivity contribution in [2.75, 3.05) is 71.3 Å². The number of rotatable bonds is 14. The van der Waals surface area contributed by atoms with E-state index in [1.54, 1.807) is 17.4 Å². The van der Waals surface area contributed by atoms with Gasteiger partial charge in [0.1, 0.15) is 5.75 Å². The monoisotopic (exact) mass is 602 g/mol. The molecule has 2 aromatic carbocycles. The van der Waals surface area contributed by atoms with Gasteiger partial charge in [-0.1, -0.05) is 6.07 Å². The maximum absolute atomic E-state index is 12.5. The third-order valence-corrected chi connectivity index (χ3v) is 9.36. The summed E-state index contributed by atoms with van der Waals surface area (Å²) in [5.41, 5.74) is 1.83. The van der Waals surface area contributed by atoms with E-state index in [9.17, 15) is 14.3 Å². The van der Waals surface area contributed by atoms with Gasteiger partial charge in [0, 0.05) is 35.0 Å². The Morgan fingerprint density at radius 2 is 1.85 bits per heavy atom. The van der Waals surface area contributed by atoms with Crippen LogP contribution in [0.5, 0.6) is 5.75 Å². The summed E-state index contributed by atoms with van der Waals surface area (Å²) in [6.07, 6.45) is 1.66. The summed E-state index contributed by atoms with van der Waals surface area (Å²) in [5, 5.41) is 4.33. The number of thiophene rings is 1. The first-order valence-corrected chi connectivity index (χ1v) is 16.2. The van der Waals surface area contributed by atoms with Gasteiger partial charge in [-0.3, -0.25) is 13.8 Å². The van der Waals surface area contributed by atoms with Crippen molar-refractivity contribution in [1.82, 2.24) is 4.98 Å². The highest BCUT2D eigenvalue weighted by atomic mass is 32.1. The quantitative estimate of drug-likeness (QED) is 0.118. The highest BCUT2D eigenvalue weighted by molar-refractivity contribution is 7.47. The molecule has 1 atom stereocenters. The molecule has 0 bridgehead atoms. The Bertz CT molecular complexity index is 1550. The second kappa shape index (κ2) is 13.5. The summed E-state index contributed by atoms with van der Waals surface area (Å²) in [4.78, 5) is 27.1. The predicted octanol–water partition coefficient (Wildman–Crippen LogP) is 4.98. The first-order chi connectivity index (χ1) is 19.9. The Balaban J connectivity index is 1.19. The van der Waals surface area contributed by atoms with Gasteiger partial charge in [0.2, 0.25) is 5.56 Å². The smallest absolute Gasteiger partial charge is 0.476 e. The molecule has 1 saturated heterocycles. The van der Waals surface area contributed by atoms with Crippen molar-refractivity contribution in [2.45, 2.75) is 12.8 Å². The third-order valence-electron chi connectivity index (χ3n) is 7.53. The van der Waals surface area contributed by atoms with E-state index in [1.165, 1.54) is 28.9 Å². The number of nitrogens with one attached hydrogen (secondary N) is 1. The van der Waals surface area contributed by atoms with E-state index in [4.69, 9.17) is 18.5 Å². The minimum Gasteiger partial charge on any atom is -0.494 e. The molecule has 1 aliphatic rings. The average Bonchev–Trinajstić information content (AvgIpc) is 3.46. The van der Waals surface area contributed by atoms with Crippen molar-refractivity contribution in [3.8, 4) is 5.75 Å². The molecule has 1 unspecified atom stereocenters. The molecule has 0 spiro atoms. The molecule has 12 heteroatoms. The van der Waals surface area contributed by atoms with Gasteiger partial charge >= 0.3 is 7.82 Å². The van der Waals surface area contributed by atoms with Crippen LogP contribution >= 0.6 is 19.2 Å². The molecular formula is C29H37N3O7PS+. The number of aromatic nitrogens is 1. The summed E-state index contributed by atoms with van der Waals surface area (Å²) < 4.78 is 35.8. The zero-order chi connectivity index (χ0) is 28.7. The number of aromatic amines is 1. The normalized spacial score (nSPS) is 16.7. The van der Waals surface area contributed by atoms with Crippen LogP contribution in [0.15, 0.2) is 64.8 Å². The Labute approximate surface area is 243 Å². The van der Waals surface area contributed by atoms with Crippen molar-refractivity contribution in [2.24, 2.45) is 0 Å². The highest BCUT2D eigenvalue weighted by Gasteiger charge is 2.36. The van der Waals surface area contributed by atoms with E-state index >= 15 is 0 Å². The molecule has 4 aromatic rings. The SMILES string of the molecule is COCCOP(=O)(O)OC[N+]1(CCCCOc2ccc3ccc(=O)[nH]c3c2)CCN(c2cccc3sccc23)CC1. The van der Waals surface area contributed by atoms with Crippen LogP contribution in [0.1, 0.15) is 12.8 Å². The summed E-state index contributed by atoms with van der Waals surface area (Å²) in [7, 11) is -2.69. The Morgan fingerprint density at radius 1 is 1.02 bits per heavy atom. The lowest BCUT2D eigenvalue weighted by atomic mass is 10.1. The van der Waals surface area contributed by atoms with E-state index in [-0.39, 0.29) is 25.5 Å². The minimum atomic E-state index is -4.20. The molecule has 41 heavy (non-hydrogen) atoms. The van der Waals surface area contributed by atoms with E-state index in [2.05, 4.69) is 39.5 Å². The molecule has 5 rings (SSSR count). The van der Waals surface area contributed by atoms with E-state index < -0.39 is 7.82 Å². The largest absolute Gasteiger partial charge is 0.494 e. The molecule has 10 nitrogen and oxygen atoms in total. The van der Waals surface area contributed by atoms with Crippen molar-refractivity contribution in [3.05, 3.63) is 70.3 Å². The number of H-pyrrole nitrogens is 1. The topological polar surface area (TPSA) is 110 Å². The van der Waals surface area contributed by atoms with Gasteiger partial charge in [0.05, 0.1) is 58.1 Å². The number of ether oxygens (including phenoxy) is 2. The van der Waals surface area contributed by atoms with Gasteiger partial charge in [-0.05, 0) is 60.0 Å². The Kier molecular flexibility index (Phi) is 9.77. The average molecular weight is 603 g/mol. The van der Waals surface area contributed by atoms with Crippen LogP contribution in [0.2, 0.25) is 0 Å². The lowest BCUT2D eigenvalue weighted by Gasteiger charge is -2.45. The Hall–Kier alpha value is -2.76. The fourth-order valence-electron chi connectivity index (χ4n) is 5.23. The molecule has 0 aliphatic carbocycles. The lowest BCUT2D eigenvalue weighted by Crippen LogP contribution is -2.60. The fourth-order valence-corrected chi connectivity index (χ4v) is 6.81. The van der Waals surface area contributed by atoms with Crippen LogP contribution in [0.4, 0.5) is 5.69 Å². The van der Waals surface area contributed by atoms with Gasteiger partial charge in [-0.2, -0.15) is 0 Å². The number of hydrogen-bond acceptors (Lipinski definition) is 8. The zero-order valence-electron chi connectivity index (χ0n) is 23.2. The molecule has 1 fully saturated rings. The molecule has 1 aliphatic heterocycles. The molecule has 0 radical (unpaired) electrons. The molecule has 3 heterocycles. The van der Waals surface area contributed by atoms with E-state index in [0.717, 1.165) is 56.5 Å². The molecule has 220 valence electrons. The number of nitrogens with zero attached hydrogens (tertiary/aromatic N) is 2. The second-order valence-electron chi connectivity index (χ2n) is 10.3. The molecule has 0 amide bonds. The number of unbranched alkanes of at least 4 members (excludes halogenated alkanes) is 1. The number of anilines is 1. The fraction of sp³-hybridized carbons (Fsp3) is 0.414. The number of phosphoric acid groups is 1. The van der Waals surface area contributed by atoms with Crippen molar-refractivity contribution >= 4 is 45.8 Å². The van der Waals surface area contributed by atoms with Gasteiger partial charge < -0.3 is 24.3 Å². The summed E-state index contributed by atoms with van der Waals surface area (Å²) in [6, 6.07) is 17.5. The first kappa shape index (κ1) is 29.7. The number of quaternary nitrogens is 1. The number of benzene rings is 2. The summed E-state index contributed by atoms with van der Waals surface area (Å²) >= 11 is 1.74. The van der Waals surface area contributed by atoms with Crippen molar-refractivity contribution in [1.29, 1.82) is 0 Å². The Morgan fingerprint density at radius 3 is 2.68 bits per heavy atom. The lowest BCUT2D eigenvalue weighted by molar-refractivity contribution is -0.943. The maximum atomic E-state index is 12.5. The predicted molar refractivity (Wildman–Crippen MR) is 162 cm³/mol. The number of hydrogen-bond donors (Lipinski definition) is 2. The molecule has 2 aromatic heterocycles.